The van der Waals surface area contributed by atoms with E-state index >= 15 is 0 Å². The van der Waals surface area contributed by atoms with Crippen LogP contribution in [0.3, 0.4) is 0 Å². The van der Waals surface area contributed by atoms with Crippen LogP contribution in [0, 0.1) is 5.92 Å². The fourth-order valence-corrected chi connectivity index (χ4v) is 3.59. The highest BCUT2D eigenvalue weighted by Gasteiger charge is 2.54. The monoisotopic (exact) mass is 272 g/mol. The number of rotatable bonds is 2. The first-order chi connectivity index (χ1) is 9.67. The number of aliphatic hydroxyl groups is 1. The topological polar surface area (TPSA) is 52.6 Å². The minimum atomic E-state index is -0.581. The molecule has 0 spiro atoms. The predicted octanol–water partition coefficient (Wildman–Crippen LogP) is 1.57. The highest BCUT2D eigenvalue weighted by Crippen LogP contribution is 2.45. The number of para-hydroxylation sites is 1. The molecule has 1 saturated heterocycles. The summed E-state index contributed by atoms with van der Waals surface area (Å²) >= 11 is 0. The van der Waals surface area contributed by atoms with Crippen molar-refractivity contribution >= 4 is 11.6 Å². The van der Waals surface area contributed by atoms with Gasteiger partial charge in [-0.2, -0.15) is 0 Å². The number of hydrogen-bond acceptors (Lipinski definition) is 3. The van der Waals surface area contributed by atoms with Crippen molar-refractivity contribution in [3.05, 3.63) is 29.8 Å². The summed E-state index contributed by atoms with van der Waals surface area (Å²) < 4.78 is 0. The third-order valence-corrected chi connectivity index (χ3v) is 4.96. The zero-order chi connectivity index (χ0) is 13.7. The van der Waals surface area contributed by atoms with Crippen LogP contribution in [-0.4, -0.2) is 41.1 Å². The Morgan fingerprint density at radius 2 is 2.00 bits per heavy atom. The molecule has 106 valence electrons. The number of β-amino-alcohol motifs (C(OH)–C–C–N with tert-alkyl or cyclic N) is 1. The van der Waals surface area contributed by atoms with E-state index < -0.39 is 5.60 Å². The Bertz CT molecular complexity index is 547. The van der Waals surface area contributed by atoms with E-state index in [-0.39, 0.29) is 11.8 Å². The fraction of sp³-hybridized carbons (Fsp3) is 0.562. The lowest BCUT2D eigenvalue weighted by atomic mass is 9.84. The standard InChI is InChI=1S/C16H20N2O2/c19-15(18-9-16(20,10-18)11-5-6-11)13-7-8-17-14-4-2-1-3-12(13)14/h1-4,11,13,17,20H,5-10H2. The maximum atomic E-state index is 12.7. The zero-order valence-corrected chi connectivity index (χ0v) is 11.5. The first kappa shape index (κ1) is 12.2. The minimum absolute atomic E-state index is 0.0452. The average molecular weight is 272 g/mol. The number of carbonyl (C=O) groups is 1. The van der Waals surface area contributed by atoms with Gasteiger partial charge in [-0.3, -0.25) is 4.79 Å². The van der Waals surface area contributed by atoms with Crippen molar-refractivity contribution < 1.29 is 9.90 Å². The van der Waals surface area contributed by atoms with Crippen LogP contribution in [0.2, 0.25) is 0 Å². The number of benzene rings is 1. The molecule has 1 atom stereocenters. The molecule has 0 radical (unpaired) electrons. The number of hydrogen-bond donors (Lipinski definition) is 2. The molecule has 0 aromatic heterocycles. The molecule has 20 heavy (non-hydrogen) atoms. The van der Waals surface area contributed by atoms with Gasteiger partial charge >= 0.3 is 0 Å². The lowest BCUT2D eigenvalue weighted by Gasteiger charge is -2.48. The van der Waals surface area contributed by atoms with Crippen LogP contribution in [0.5, 0.6) is 0 Å². The van der Waals surface area contributed by atoms with Crippen molar-refractivity contribution in [1.29, 1.82) is 0 Å². The second-order valence-electron chi connectivity index (χ2n) is 6.43. The largest absolute Gasteiger partial charge is 0.386 e. The van der Waals surface area contributed by atoms with Crippen molar-refractivity contribution in [2.75, 3.05) is 25.0 Å². The summed E-state index contributed by atoms with van der Waals surface area (Å²) in [5.41, 5.74) is 1.60. The second-order valence-corrected chi connectivity index (χ2v) is 6.43. The van der Waals surface area contributed by atoms with Crippen molar-refractivity contribution in [3.63, 3.8) is 0 Å². The first-order valence-electron chi connectivity index (χ1n) is 7.51. The Hall–Kier alpha value is -1.55. The number of carbonyl (C=O) groups excluding carboxylic acids is 1. The number of likely N-dealkylation sites (tertiary alicyclic amines) is 1. The fourth-order valence-electron chi connectivity index (χ4n) is 3.59. The van der Waals surface area contributed by atoms with E-state index in [4.69, 9.17) is 0 Å². The molecule has 1 amide bonds. The van der Waals surface area contributed by atoms with Gasteiger partial charge < -0.3 is 15.3 Å². The Kier molecular flexibility index (Phi) is 2.58. The number of fused-ring (bicyclic) bond motifs is 1. The summed E-state index contributed by atoms with van der Waals surface area (Å²) in [7, 11) is 0. The molecule has 1 aromatic carbocycles. The molecule has 1 saturated carbocycles. The third kappa shape index (κ3) is 1.82. The molecule has 1 aliphatic carbocycles. The van der Waals surface area contributed by atoms with E-state index in [0.29, 0.717) is 19.0 Å². The lowest BCUT2D eigenvalue weighted by molar-refractivity contribution is -0.161. The number of nitrogens with zero attached hydrogens (tertiary/aromatic N) is 1. The van der Waals surface area contributed by atoms with Gasteiger partial charge in [0, 0.05) is 12.2 Å². The van der Waals surface area contributed by atoms with Crippen LogP contribution in [0.4, 0.5) is 5.69 Å². The van der Waals surface area contributed by atoms with Crippen LogP contribution >= 0.6 is 0 Å². The number of nitrogens with one attached hydrogen (secondary N) is 1. The van der Waals surface area contributed by atoms with Crippen LogP contribution in [0.25, 0.3) is 0 Å². The van der Waals surface area contributed by atoms with E-state index in [2.05, 4.69) is 5.32 Å². The van der Waals surface area contributed by atoms with Gasteiger partial charge in [-0.05, 0) is 36.8 Å². The highest BCUT2D eigenvalue weighted by molar-refractivity contribution is 5.87. The number of anilines is 1. The Labute approximate surface area is 118 Å². The molecule has 4 heteroatoms. The quantitative estimate of drug-likeness (QED) is 0.859. The van der Waals surface area contributed by atoms with E-state index in [9.17, 15) is 9.90 Å². The van der Waals surface area contributed by atoms with Crippen LogP contribution in [-0.2, 0) is 4.79 Å². The predicted molar refractivity (Wildman–Crippen MR) is 76.5 cm³/mol. The molecule has 1 aromatic rings. The Balaban J connectivity index is 1.50. The van der Waals surface area contributed by atoms with E-state index in [1.54, 1.807) is 0 Å². The molecule has 1 unspecified atom stereocenters. The summed E-state index contributed by atoms with van der Waals surface area (Å²) in [6.45, 7) is 1.90. The first-order valence-corrected chi connectivity index (χ1v) is 7.51. The van der Waals surface area contributed by atoms with Crippen LogP contribution in [0.1, 0.15) is 30.7 Å². The molecular weight excluding hydrogens is 252 g/mol. The van der Waals surface area contributed by atoms with E-state index in [1.807, 2.05) is 29.2 Å². The summed E-state index contributed by atoms with van der Waals surface area (Å²) in [6, 6.07) is 8.05. The summed E-state index contributed by atoms with van der Waals surface area (Å²) in [5.74, 6) is 0.576. The van der Waals surface area contributed by atoms with Gasteiger partial charge in [0.2, 0.25) is 5.91 Å². The third-order valence-electron chi connectivity index (χ3n) is 4.96. The van der Waals surface area contributed by atoms with Gasteiger partial charge in [0.1, 0.15) is 5.60 Å². The van der Waals surface area contributed by atoms with Gasteiger partial charge in [-0.1, -0.05) is 18.2 Å². The molecule has 3 aliphatic rings. The van der Waals surface area contributed by atoms with Gasteiger partial charge in [0.25, 0.3) is 0 Å². The molecule has 4 rings (SSSR count). The molecule has 2 N–H and O–H groups in total. The van der Waals surface area contributed by atoms with Crippen molar-refractivity contribution in [2.45, 2.75) is 30.8 Å². The van der Waals surface area contributed by atoms with Gasteiger partial charge in [0.15, 0.2) is 0 Å². The molecule has 2 heterocycles. The maximum absolute atomic E-state index is 12.7. The molecular formula is C16H20N2O2. The molecule has 2 aliphatic heterocycles. The van der Waals surface area contributed by atoms with Gasteiger partial charge in [-0.25, -0.2) is 0 Å². The summed E-state index contributed by atoms with van der Waals surface area (Å²) in [5, 5.41) is 13.7. The maximum Gasteiger partial charge on any atom is 0.230 e. The van der Waals surface area contributed by atoms with Crippen molar-refractivity contribution in [2.24, 2.45) is 5.92 Å². The SMILES string of the molecule is O=C(C1CCNc2ccccc21)N1CC(O)(C2CC2)C1. The summed E-state index contributed by atoms with van der Waals surface area (Å²) in [4.78, 5) is 14.5. The van der Waals surface area contributed by atoms with E-state index in [1.165, 1.54) is 0 Å². The van der Waals surface area contributed by atoms with E-state index in [0.717, 1.165) is 37.1 Å². The normalized spacial score (nSPS) is 27.2. The van der Waals surface area contributed by atoms with Crippen LogP contribution in [0.15, 0.2) is 24.3 Å². The Morgan fingerprint density at radius 3 is 2.75 bits per heavy atom. The van der Waals surface area contributed by atoms with Crippen LogP contribution < -0.4 is 5.32 Å². The van der Waals surface area contributed by atoms with Gasteiger partial charge in [-0.15, -0.1) is 0 Å². The zero-order valence-electron chi connectivity index (χ0n) is 11.5. The molecule has 4 nitrogen and oxygen atoms in total. The number of amides is 1. The van der Waals surface area contributed by atoms with Crippen molar-refractivity contribution in [1.82, 2.24) is 4.90 Å². The average Bonchev–Trinajstić information content (AvgIpc) is 3.27. The molecule has 2 fully saturated rings. The minimum Gasteiger partial charge on any atom is -0.386 e. The molecule has 0 bridgehead atoms. The second kappa shape index (κ2) is 4.22. The van der Waals surface area contributed by atoms with Gasteiger partial charge in [0.05, 0.1) is 19.0 Å². The Morgan fingerprint density at radius 1 is 1.25 bits per heavy atom. The summed E-state index contributed by atoms with van der Waals surface area (Å²) in [6.07, 6.45) is 3.08. The lowest BCUT2D eigenvalue weighted by Crippen LogP contribution is -2.65. The smallest absolute Gasteiger partial charge is 0.230 e. The van der Waals surface area contributed by atoms with Crippen molar-refractivity contribution in [3.8, 4) is 0 Å². The highest BCUT2D eigenvalue weighted by atomic mass is 16.3.